The molecule has 1 unspecified atom stereocenters. The molecule has 0 aliphatic rings. The zero-order valence-corrected chi connectivity index (χ0v) is 12.9. The maximum atomic E-state index is 5.48. The molecule has 0 aromatic carbocycles. The average Bonchev–Trinajstić information content (AvgIpc) is 2.95. The Bertz CT molecular complexity index is 467. The molecule has 2 rings (SSSR count). The summed E-state index contributed by atoms with van der Waals surface area (Å²) in [7, 11) is 4.13. The smallest absolute Gasteiger partial charge is 0.122 e. The van der Waals surface area contributed by atoms with Crippen LogP contribution in [0.15, 0.2) is 38.7 Å². The lowest BCUT2D eigenvalue weighted by Crippen LogP contribution is -2.30. The molecule has 0 spiro atoms. The van der Waals surface area contributed by atoms with Gasteiger partial charge in [-0.05, 0) is 54.3 Å². The predicted octanol–water partition coefficient (Wildman–Crippen LogP) is 3.50. The highest BCUT2D eigenvalue weighted by molar-refractivity contribution is 9.11. The number of thiophene rings is 1. The lowest BCUT2D eigenvalue weighted by Gasteiger charge is -2.22. The normalized spacial score (nSPS) is 13.1. The first-order valence-corrected chi connectivity index (χ1v) is 7.42. The van der Waals surface area contributed by atoms with Gasteiger partial charge in [0.15, 0.2) is 0 Å². The first-order valence-electron chi connectivity index (χ1n) is 5.81. The molecule has 18 heavy (non-hydrogen) atoms. The van der Waals surface area contributed by atoms with Gasteiger partial charge in [0.1, 0.15) is 5.76 Å². The number of furan rings is 1. The van der Waals surface area contributed by atoms with Crippen molar-refractivity contribution in [1.29, 1.82) is 0 Å². The van der Waals surface area contributed by atoms with Crippen LogP contribution in [0.1, 0.15) is 16.7 Å². The molecule has 0 saturated heterocycles. The summed E-state index contributed by atoms with van der Waals surface area (Å²) in [6.45, 7) is 1.76. The van der Waals surface area contributed by atoms with Crippen molar-refractivity contribution in [2.45, 2.75) is 12.6 Å². The Morgan fingerprint density at radius 1 is 1.39 bits per heavy atom. The molecule has 5 heteroatoms. The SMILES string of the molecule is CN(C)C(CNCc1ccc(Br)s1)c1ccco1. The molecular weight excluding hydrogens is 312 g/mol. The molecule has 0 amide bonds. The van der Waals surface area contributed by atoms with E-state index in [-0.39, 0.29) is 6.04 Å². The Hall–Kier alpha value is -0.620. The molecule has 2 aromatic rings. The van der Waals surface area contributed by atoms with Gasteiger partial charge in [-0.1, -0.05) is 0 Å². The zero-order valence-electron chi connectivity index (χ0n) is 10.5. The fraction of sp³-hybridized carbons (Fsp3) is 0.385. The summed E-state index contributed by atoms with van der Waals surface area (Å²) >= 11 is 5.24. The molecular formula is C13H17BrN2OS. The third kappa shape index (κ3) is 3.68. The summed E-state index contributed by atoms with van der Waals surface area (Å²) in [5.74, 6) is 1.000. The zero-order chi connectivity index (χ0) is 13.0. The van der Waals surface area contributed by atoms with Crippen molar-refractivity contribution in [3.05, 3.63) is 45.0 Å². The van der Waals surface area contributed by atoms with Crippen LogP contribution >= 0.6 is 27.3 Å². The molecule has 0 fully saturated rings. The van der Waals surface area contributed by atoms with Crippen molar-refractivity contribution in [3.8, 4) is 0 Å². The number of likely N-dealkylation sites (N-methyl/N-ethyl adjacent to an activating group) is 1. The standard InChI is InChI=1S/C13H17BrN2OS/c1-16(2)11(12-4-3-7-17-12)9-15-8-10-5-6-13(14)18-10/h3-7,11,15H,8-9H2,1-2H3. The molecule has 0 aliphatic heterocycles. The maximum Gasteiger partial charge on any atom is 0.122 e. The highest BCUT2D eigenvalue weighted by atomic mass is 79.9. The molecule has 0 bridgehead atoms. The van der Waals surface area contributed by atoms with E-state index in [9.17, 15) is 0 Å². The van der Waals surface area contributed by atoms with Crippen LogP contribution in [0.25, 0.3) is 0 Å². The minimum Gasteiger partial charge on any atom is -0.468 e. The van der Waals surface area contributed by atoms with E-state index < -0.39 is 0 Å². The van der Waals surface area contributed by atoms with Crippen LogP contribution in [-0.2, 0) is 6.54 Å². The van der Waals surface area contributed by atoms with Crippen LogP contribution in [0.5, 0.6) is 0 Å². The second kappa shape index (κ2) is 6.52. The molecule has 1 atom stereocenters. The highest BCUT2D eigenvalue weighted by Crippen LogP contribution is 2.22. The van der Waals surface area contributed by atoms with Crippen LogP contribution in [0.4, 0.5) is 0 Å². The minimum absolute atomic E-state index is 0.267. The fourth-order valence-electron chi connectivity index (χ4n) is 1.80. The van der Waals surface area contributed by atoms with Crippen molar-refractivity contribution in [2.75, 3.05) is 20.6 Å². The second-order valence-electron chi connectivity index (χ2n) is 4.33. The lowest BCUT2D eigenvalue weighted by molar-refractivity contribution is 0.250. The third-order valence-electron chi connectivity index (χ3n) is 2.76. The molecule has 0 aliphatic carbocycles. The van der Waals surface area contributed by atoms with E-state index in [1.54, 1.807) is 17.6 Å². The second-order valence-corrected chi connectivity index (χ2v) is 6.88. The Morgan fingerprint density at radius 3 is 2.78 bits per heavy atom. The average molecular weight is 329 g/mol. The molecule has 0 saturated carbocycles. The summed E-state index contributed by atoms with van der Waals surface area (Å²) < 4.78 is 6.65. The first-order chi connectivity index (χ1) is 8.66. The monoisotopic (exact) mass is 328 g/mol. The molecule has 1 N–H and O–H groups in total. The van der Waals surface area contributed by atoms with Crippen LogP contribution in [0, 0.1) is 0 Å². The Kier molecular flexibility index (Phi) is 5.00. The van der Waals surface area contributed by atoms with Gasteiger partial charge in [0, 0.05) is 18.0 Å². The van der Waals surface area contributed by atoms with Crippen LogP contribution in [0.2, 0.25) is 0 Å². The van der Waals surface area contributed by atoms with Gasteiger partial charge in [-0.3, -0.25) is 4.90 Å². The third-order valence-corrected chi connectivity index (χ3v) is 4.38. The number of nitrogens with one attached hydrogen (secondary N) is 1. The maximum absolute atomic E-state index is 5.48. The molecule has 0 radical (unpaired) electrons. The van der Waals surface area contributed by atoms with Gasteiger partial charge in [-0.25, -0.2) is 0 Å². The largest absolute Gasteiger partial charge is 0.468 e. The van der Waals surface area contributed by atoms with Crippen molar-refractivity contribution in [2.24, 2.45) is 0 Å². The summed E-state index contributed by atoms with van der Waals surface area (Å²) in [5.41, 5.74) is 0. The van der Waals surface area contributed by atoms with Gasteiger partial charge in [0.05, 0.1) is 16.1 Å². The van der Waals surface area contributed by atoms with Crippen LogP contribution in [-0.4, -0.2) is 25.5 Å². The molecule has 98 valence electrons. The predicted molar refractivity (Wildman–Crippen MR) is 78.9 cm³/mol. The van der Waals surface area contributed by atoms with E-state index in [1.165, 1.54) is 8.66 Å². The Labute approximate surface area is 120 Å². The van der Waals surface area contributed by atoms with Gasteiger partial charge >= 0.3 is 0 Å². The molecule has 2 heterocycles. The summed E-state index contributed by atoms with van der Waals surface area (Å²) in [5, 5.41) is 3.47. The summed E-state index contributed by atoms with van der Waals surface area (Å²) in [4.78, 5) is 3.50. The lowest BCUT2D eigenvalue weighted by atomic mass is 10.2. The van der Waals surface area contributed by atoms with Gasteiger partial charge in [-0.15, -0.1) is 11.3 Å². The van der Waals surface area contributed by atoms with Crippen molar-refractivity contribution < 1.29 is 4.42 Å². The first kappa shape index (κ1) is 13.8. The van der Waals surface area contributed by atoms with Crippen molar-refractivity contribution in [3.63, 3.8) is 0 Å². The van der Waals surface area contributed by atoms with Crippen LogP contribution < -0.4 is 5.32 Å². The van der Waals surface area contributed by atoms with E-state index in [0.717, 1.165) is 18.8 Å². The van der Waals surface area contributed by atoms with E-state index in [0.29, 0.717) is 0 Å². The van der Waals surface area contributed by atoms with Crippen LogP contribution in [0.3, 0.4) is 0 Å². The number of rotatable bonds is 6. The topological polar surface area (TPSA) is 28.4 Å². The van der Waals surface area contributed by atoms with Crippen molar-refractivity contribution >= 4 is 27.3 Å². The van der Waals surface area contributed by atoms with Gasteiger partial charge in [-0.2, -0.15) is 0 Å². The minimum atomic E-state index is 0.267. The van der Waals surface area contributed by atoms with E-state index in [4.69, 9.17) is 4.42 Å². The molecule has 3 nitrogen and oxygen atoms in total. The van der Waals surface area contributed by atoms with E-state index >= 15 is 0 Å². The number of hydrogen-bond donors (Lipinski definition) is 1. The molecule has 2 aromatic heterocycles. The highest BCUT2D eigenvalue weighted by Gasteiger charge is 2.16. The Morgan fingerprint density at radius 2 is 2.22 bits per heavy atom. The quantitative estimate of drug-likeness (QED) is 0.879. The van der Waals surface area contributed by atoms with E-state index in [2.05, 4.69) is 52.4 Å². The summed E-state index contributed by atoms with van der Waals surface area (Å²) in [6.07, 6.45) is 1.72. The van der Waals surface area contributed by atoms with Gasteiger partial charge in [0.2, 0.25) is 0 Å². The van der Waals surface area contributed by atoms with Crippen molar-refractivity contribution in [1.82, 2.24) is 10.2 Å². The van der Waals surface area contributed by atoms with Gasteiger partial charge < -0.3 is 9.73 Å². The van der Waals surface area contributed by atoms with Gasteiger partial charge in [0.25, 0.3) is 0 Å². The number of halogens is 1. The number of nitrogens with zero attached hydrogens (tertiary/aromatic N) is 1. The summed E-state index contributed by atoms with van der Waals surface area (Å²) in [6, 6.07) is 8.44. The fourth-order valence-corrected chi connectivity index (χ4v) is 3.25. The number of hydrogen-bond acceptors (Lipinski definition) is 4. The Balaban J connectivity index is 1.87. The van der Waals surface area contributed by atoms with E-state index in [1.807, 2.05) is 12.1 Å².